The molecule has 2 heterocycles. The molecule has 178 valence electrons. The molecule has 0 aromatic heterocycles. The SMILES string of the molecule is O=C1C2C3CCC(C3)C2C(=O)N1CCCCN1CCN(C2CCc3cccc(O)c3C2)CC1. The van der Waals surface area contributed by atoms with Crippen LogP contribution in [0.15, 0.2) is 18.2 Å². The highest BCUT2D eigenvalue weighted by Crippen LogP contribution is 2.56. The first-order chi connectivity index (χ1) is 16.1. The van der Waals surface area contributed by atoms with Gasteiger partial charge in [0.05, 0.1) is 11.8 Å². The summed E-state index contributed by atoms with van der Waals surface area (Å²) in [5.41, 5.74) is 2.47. The average molecular weight is 452 g/mol. The maximum atomic E-state index is 12.8. The van der Waals surface area contributed by atoms with Crippen LogP contribution in [-0.4, -0.2) is 76.9 Å². The van der Waals surface area contributed by atoms with E-state index in [4.69, 9.17) is 0 Å². The van der Waals surface area contributed by atoms with Crippen LogP contribution in [0.3, 0.4) is 0 Å². The van der Waals surface area contributed by atoms with Gasteiger partial charge in [0.15, 0.2) is 0 Å². The number of hydrogen-bond donors (Lipinski definition) is 1. The van der Waals surface area contributed by atoms with Gasteiger partial charge < -0.3 is 10.0 Å². The lowest BCUT2D eigenvalue weighted by Crippen LogP contribution is -2.51. The Hall–Kier alpha value is -1.92. The number of unbranched alkanes of at least 4 members (excludes halogenated alkanes) is 1. The van der Waals surface area contributed by atoms with Gasteiger partial charge in [0.25, 0.3) is 0 Å². The lowest BCUT2D eigenvalue weighted by Gasteiger charge is -2.41. The van der Waals surface area contributed by atoms with Crippen molar-refractivity contribution in [1.29, 1.82) is 0 Å². The highest BCUT2D eigenvalue weighted by atomic mass is 16.3. The number of phenolic OH excluding ortho intramolecular Hbond substituents is 1. The number of fused-ring (bicyclic) bond motifs is 6. The summed E-state index contributed by atoms with van der Waals surface area (Å²) < 4.78 is 0. The standard InChI is InChI=1S/C27H37N3O3/c31-23-5-3-4-18-8-9-21(17-22(18)23)29-14-12-28(13-15-29)10-1-2-11-30-26(32)24-19-6-7-20(16-19)25(24)27(30)33/h3-5,19-21,24-25,31H,1-2,6-17H2. The number of rotatable bonds is 6. The third kappa shape index (κ3) is 3.79. The van der Waals surface area contributed by atoms with Crippen molar-refractivity contribution in [2.45, 2.75) is 57.4 Å². The van der Waals surface area contributed by atoms with E-state index in [0.717, 1.165) is 83.2 Å². The quantitative estimate of drug-likeness (QED) is 0.532. The van der Waals surface area contributed by atoms with Crippen LogP contribution in [0.2, 0.25) is 0 Å². The Morgan fingerprint density at radius 2 is 1.58 bits per heavy atom. The van der Waals surface area contributed by atoms with E-state index < -0.39 is 0 Å². The summed E-state index contributed by atoms with van der Waals surface area (Å²) in [5.74, 6) is 1.77. The van der Waals surface area contributed by atoms with E-state index in [9.17, 15) is 14.7 Å². The molecule has 5 aliphatic rings. The van der Waals surface area contributed by atoms with E-state index in [1.54, 1.807) is 4.90 Å². The highest BCUT2D eigenvalue weighted by molar-refractivity contribution is 6.06. The number of likely N-dealkylation sites (tertiary alicyclic amines) is 1. The number of imide groups is 1. The first-order valence-electron chi connectivity index (χ1n) is 13.2. The number of carbonyl (C=O) groups is 2. The van der Waals surface area contributed by atoms with Crippen molar-refractivity contribution in [3.63, 3.8) is 0 Å². The molecule has 1 aromatic carbocycles. The molecule has 4 fully saturated rings. The minimum absolute atomic E-state index is 0.0259. The lowest BCUT2D eigenvalue weighted by atomic mass is 9.81. The molecule has 0 spiro atoms. The second-order valence-electron chi connectivity index (χ2n) is 11.1. The van der Waals surface area contributed by atoms with Crippen molar-refractivity contribution in [2.75, 3.05) is 39.3 Å². The number of carbonyl (C=O) groups excluding carboxylic acids is 2. The Balaban J connectivity index is 0.933. The zero-order valence-electron chi connectivity index (χ0n) is 19.6. The Morgan fingerprint density at radius 3 is 2.30 bits per heavy atom. The number of piperazine rings is 1. The molecule has 33 heavy (non-hydrogen) atoms. The number of hydrogen-bond acceptors (Lipinski definition) is 5. The van der Waals surface area contributed by atoms with Crippen LogP contribution in [0, 0.1) is 23.7 Å². The van der Waals surface area contributed by atoms with Crippen LogP contribution in [-0.2, 0) is 22.4 Å². The van der Waals surface area contributed by atoms with Crippen LogP contribution < -0.4 is 0 Å². The summed E-state index contributed by atoms with van der Waals surface area (Å²) in [4.78, 5) is 32.4. The fourth-order valence-electron chi connectivity index (χ4n) is 7.71. The second kappa shape index (κ2) is 8.70. The van der Waals surface area contributed by atoms with Gasteiger partial charge in [0.2, 0.25) is 11.8 Å². The number of nitrogens with zero attached hydrogens (tertiary/aromatic N) is 3. The molecular formula is C27H37N3O3. The molecule has 1 aromatic rings. The number of aromatic hydroxyl groups is 1. The van der Waals surface area contributed by atoms with Gasteiger partial charge in [-0.25, -0.2) is 0 Å². The van der Waals surface area contributed by atoms with Crippen molar-refractivity contribution < 1.29 is 14.7 Å². The summed E-state index contributed by atoms with van der Waals surface area (Å²) in [6.45, 7) is 6.01. The average Bonchev–Trinajstić information content (AvgIpc) is 3.52. The largest absolute Gasteiger partial charge is 0.508 e. The van der Waals surface area contributed by atoms with Crippen molar-refractivity contribution in [3.05, 3.63) is 29.3 Å². The van der Waals surface area contributed by atoms with E-state index in [0.29, 0.717) is 30.2 Å². The second-order valence-corrected chi connectivity index (χ2v) is 11.1. The van der Waals surface area contributed by atoms with E-state index in [1.807, 2.05) is 12.1 Å². The van der Waals surface area contributed by atoms with Gasteiger partial charge >= 0.3 is 0 Å². The predicted molar refractivity (Wildman–Crippen MR) is 126 cm³/mol. The fraction of sp³-hybridized carbons (Fsp3) is 0.704. The smallest absolute Gasteiger partial charge is 0.233 e. The number of aryl methyl sites for hydroxylation is 1. The van der Waals surface area contributed by atoms with Gasteiger partial charge in [0.1, 0.15) is 5.75 Å². The highest BCUT2D eigenvalue weighted by Gasteiger charge is 2.60. The molecule has 5 unspecified atom stereocenters. The normalized spacial score (nSPS) is 34.2. The van der Waals surface area contributed by atoms with Gasteiger partial charge in [-0.05, 0) is 86.9 Å². The van der Waals surface area contributed by atoms with Gasteiger partial charge in [-0.3, -0.25) is 19.4 Å². The summed E-state index contributed by atoms with van der Waals surface area (Å²) in [6.07, 6.45) is 8.59. The molecule has 2 aliphatic heterocycles. The van der Waals surface area contributed by atoms with Crippen LogP contribution in [0.1, 0.15) is 49.7 Å². The van der Waals surface area contributed by atoms with E-state index in [1.165, 1.54) is 12.0 Å². The minimum atomic E-state index is 0.0259. The lowest BCUT2D eigenvalue weighted by molar-refractivity contribution is -0.140. The van der Waals surface area contributed by atoms with Gasteiger partial charge in [0, 0.05) is 38.8 Å². The first kappa shape index (κ1) is 21.6. The third-order valence-electron chi connectivity index (χ3n) is 9.48. The van der Waals surface area contributed by atoms with Crippen LogP contribution >= 0.6 is 0 Å². The summed E-state index contributed by atoms with van der Waals surface area (Å²) >= 11 is 0. The molecule has 6 nitrogen and oxygen atoms in total. The third-order valence-corrected chi connectivity index (χ3v) is 9.48. The summed E-state index contributed by atoms with van der Waals surface area (Å²) in [7, 11) is 0. The molecule has 2 saturated heterocycles. The maximum Gasteiger partial charge on any atom is 0.233 e. The number of amides is 2. The Bertz CT molecular complexity index is 897. The molecule has 6 heteroatoms. The Morgan fingerprint density at radius 1 is 0.879 bits per heavy atom. The van der Waals surface area contributed by atoms with Gasteiger partial charge in [-0.1, -0.05) is 12.1 Å². The van der Waals surface area contributed by atoms with Crippen molar-refractivity contribution >= 4 is 11.8 Å². The first-order valence-corrected chi connectivity index (χ1v) is 13.2. The molecule has 6 rings (SSSR count). The monoisotopic (exact) mass is 451 g/mol. The number of benzene rings is 1. The maximum absolute atomic E-state index is 12.8. The molecular weight excluding hydrogens is 414 g/mol. The van der Waals surface area contributed by atoms with Crippen LogP contribution in [0.4, 0.5) is 0 Å². The van der Waals surface area contributed by atoms with Gasteiger partial charge in [-0.15, -0.1) is 0 Å². The summed E-state index contributed by atoms with van der Waals surface area (Å²) in [6, 6.07) is 6.47. The van der Waals surface area contributed by atoms with E-state index >= 15 is 0 Å². The van der Waals surface area contributed by atoms with Crippen molar-refractivity contribution in [1.82, 2.24) is 14.7 Å². The van der Waals surface area contributed by atoms with E-state index in [2.05, 4.69) is 15.9 Å². The molecule has 2 amide bonds. The van der Waals surface area contributed by atoms with Crippen molar-refractivity contribution in [3.8, 4) is 5.75 Å². The summed E-state index contributed by atoms with van der Waals surface area (Å²) in [5, 5.41) is 10.2. The van der Waals surface area contributed by atoms with Crippen LogP contribution in [0.5, 0.6) is 5.75 Å². The van der Waals surface area contributed by atoms with E-state index in [-0.39, 0.29) is 23.7 Å². The molecule has 1 N–H and O–H groups in total. The fourth-order valence-corrected chi connectivity index (χ4v) is 7.71. The van der Waals surface area contributed by atoms with Gasteiger partial charge in [-0.2, -0.15) is 0 Å². The van der Waals surface area contributed by atoms with Crippen molar-refractivity contribution in [2.24, 2.45) is 23.7 Å². The molecule has 0 radical (unpaired) electrons. The topological polar surface area (TPSA) is 64.1 Å². The Labute approximate surface area is 196 Å². The molecule has 3 aliphatic carbocycles. The van der Waals surface area contributed by atoms with Crippen LogP contribution in [0.25, 0.3) is 0 Å². The molecule has 2 saturated carbocycles. The predicted octanol–water partition coefficient (Wildman–Crippen LogP) is 2.68. The molecule has 2 bridgehead atoms. The number of phenols is 1. The minimum Gasteiger partial charge on any atom is -0.508 e. The molecule has 5 atom stereocenters. The zero-order valence-corrected chi connectivity index (χ0v) is 19.6. The zero-order chi connectivity index (χ0) is 22.5. The Kier molecular flexibility index (Phi) is 5.69.